The highest BCUT2D eigenvalue weighted by molar-refractivity contribution is 5.72. The van der Waals surface area contributed by atoms with E-state index in [-0.39, 0.29) is 0 Å². The number of hydrogen-bond donors (Lipinski definition) is 0. The van der Waals surface area contributed by atoms with E-state index in [1.807, 2.05) is 6.08 Å². The molecule has 0 N–H and O–H groups in total. The zero-order valence-corrected chi connectivity index (χ0v) is 11.6. The Morgan fingerprint density at radius 2 is 1.29 bits per heavy atom. The average Bonchev–Trinajstić information content (AvgIpc) is 2.25. The lowest BCUT2D eigenvalue weighted by atomic mass is 10.2. The molecule has 0 aliphatic rings. The Morgan fingerprint density at radius 1 is 0.765 bits per heavy atom. The highest BCUT2D eigenvalue weighted by Crippen LogP contribution is 2.00. The predicted molar refractivity (Wildman–Crippen MR) is 79.6 cm³/mol. The summed E-state index contributed by atoms with van der Waals surface area (Å²) in [7, 11) is 1.77. The van der Waals surface area contributed by atoms with Crippen LogP contribution in [0.5, 0.6) is 0 Å². The van der Waals surface area contributed by atoms with Gasteiger partial charge in [-0.1, -0.05) is 47.6 Å². The van der Waals surface area contributed by atoms with Crippen molar-refractivity contribution in [3.63, 3.8) is 0 Å². The zero-order chi connectivity index (χ0) is 13.1. The van der Waals surface area contributed by atoms with E-state index >= 15 is 0 Å². The van der Waals surface area contributed by atoms with Crippen molar-refractivity contribution in [1.82, 2.24) is 0 Å². The molecule has 1 nitrogen and oxygen atoms in total. The average molecular weight is 229 g/mol. The third-order valence-electron chi connectivity index (χ3n) is 1.99. The van der Waals surface area contributed by atoms with Gasteiger partial charge in [0.2, 0.25) is 0 Å². The molecule has 0 amide bonds. The van der Waals surface area contributed by atoms with E-state index in [0.717, 1.165) is 0 Å². The molecule has 1 heteroatoms. The highest BCUT2D eigenvalue weighted by Gasteiger charge is 1.79. The third-order valence-corrected chi connectivity index (χ3v) is 1.99. The van der Waals surface area contributed by atoms with Gasteiger partial charge in [0.05, 0.1) is 0 Å². The molecule has 0 radical (unpaired) electrons. The van der Waals surface area contributed by atoms with Gasteiger partial charge in [-0.15, -0.1) is 0 Å². The van der Waals surface area contributed by atoms with E-state index in [1.54, 1.807) is 13.3 Å². The number of hydrogen-bond acceptors (Lipinski definition) is 1. The molecular formula is C16H23N. The second-order valence-corrected chi connectivity index (χ2v) is 4.19. The summed E-state index contributed by atoms with van der Waals surface area (Å²) in [5, 5.41) is 0. The maximum Gasteiger partial charge on any atom is 0.0277 e. The molecule has 0 spiro atoms. The standard InChI is InChI=1S/C16H23N/c1-14(2)8-6-9-15(3)10-7-11-16(4)12-13-17-5/h6-13H,1-5H3/b9-6+,11-7+,15-10+,16-12+,17-13?. The number of aliphatic imine (C=N–C) groups is 1. The SMILES string of the molecule is CN=C/C=C(C)/C=C/C=C(C)/C=C/C=C(C)C. The van der Waals surface area contributed by atoms with Gasteiger partial charge < -0.3 is 0 Å². The summed E-state index contributed by atoms with van der Waals surface area (Å²) in [6.45, 7) is 8.33. The molecule has 0 fully saturated rings. The van der Waals surface area contributed by atoms with Gasteiger partial charge in [0.15, 0.2) is 0 Å². The summed E-state index contributed by atoms with van der Waals surface area (Å²) >= 11 is 0. The molecule has 0 aliphatic heterocycles. The van der Waals surface area contributed by atoms with Crippen LogP contribution < -0.4 is 0 Å². The quantitative estimate of drug-likeness (QED) is 0.480. The van der Waals surface area contributed by atoms with Crippen molar-refractivity contribution < 1.29 is 0 Å². The van der Waals surface area contributed by atoms with Crippen molar-refractivity contribution in [2.75, 3.05) is 7.05 Å². The van der Waals surface area contributed by atoms with Gasteiger partial charge in [0.1, 0.15) is 0 Å². The lowest BCUT2D eigenvalue weighted by molar-refractivity contribution is 1.39. The van der Waals surface area contributed by atoms with Crippen molar-refractivity contribution in [2.45, 2.75) is 27.7 Å². The van der Waals surface area contributed by atoms with E-state index in [2.05, 4.69) is 69.1 Å². The number of rotatable bonds is 5. The summed E-state index contributed by atoms with van der Waals surface area (Å²) < 4.78 is 0. The first kappa shape index (κ1) is 15.4. The fraction of sp³-hybridized carbons (Fsp3) is 0.312. The lowest BCUT2D eigenvalue weighted by Gasteiger charge is -1.89. The normalized spacial score (nSPS) is 14.2. The summed E-state index contributed by atoms with van der Waals surface area (Å²) in [6.07, 6.45) is 16.3. The monoisotopic (exact) mass is 229 g/mol. The second kappa shape index (κ2) is 9.59. The first-order valence-corrected chi connectivity index (χ1v) is 5.82. The van der Waals surface area contributed by atoms with Crippen LogP contribution in [0.3, 0.4) is 0 Å². The van der Waals surface area contributed by atoms with Crippen LogP contribution in [-0.4, -0.2) is 13.3 Å². The molecule has 0 atom stereocenters. The Hall–Kier alpha value is -1.63. The van der Waals surface area contributed by atoms with E-state index < -0.39 is 0 Å². The largest absolute Gasteiger partial charge is 0.297 e. The Labute approximate surface area is 106 Å². The molecule has 0 unspecified atom stereocenters. The van der Waals surface area contributed by atoms with Crippen LogP contribution in [0.25, 0.3) is 0 Å². The van der Waals surface area contributed by atoms with Gasteiger partial charge in [-0.25, -0.2) is 0 Å². The molecule has 0 saturated heterocycles. The molecule has 92 valence electrons. The van der Waals surface area contributed by atoms with Crippen LogP contribution >= 0.6 is 0 Å². The lowest BCUT2D eigenvalue weighted by Crippen LogP contribution is -1.71. The van der Waals surface area contributed by atoms with Gasteiger partial charge in [0, 0.05) is 13.3 Å². The Kier molecular flexibility index (Phi) is 8.67. The molecule has 17 heavy (non-hydrogen) atoms. The van der Waals surface area contributed by atoms with Crippen LogP contribution in [0.4, 0.5) is 0 Å². The molecular weight excluding hydrogens is 206 g/mol. The van der Waals surface area contributed by atoms with Gasteiger partial charge in [0.25, 0.3) is 0 Å². The fourth-order valence-corrected chi connectivity index (χ4v) is 1.05. The second-order valence-electron chi connectivity index (χ2n) is 4.19. The summed E-state index contributed by atoms with van der Waals surface area (Å²) in [4.78, 5) is 3.91. The molecule has 0 aromatic rings. The van der Waals surface area contributed by atoms with E-state index in [1.165, 1.54) is 16.7 Å². The smallest absolute Gasteiger partial charge is 0.0277 e. The van der Waals surface area contributed by atoms with Gasteiger partial charge in [-0.3, -0.25) is 4.99 Å². The van der Waals surface area contributed by atoms with Crippen LogP contribution in [-0.2, 0) is 0 Å². The molecule has 0 aliphatic carbocycles. The van der Waals surface area contributed by atoms with Gasteiger partial charge in [-0.05, 0) is 39.3 Å². The van der Waals surface area contributed by atoms with Crippen LogP contribution in [0.2, 0.25) is 0 Å². The summed E-state index contributed by atoms with van der Waals surface area (Å²) in [5.41, 5.74) is 3.73. The fourth-order valence-electron chi connectivity index (χ4n) is 1.05. The van der Waals surface area contributed by atoms with Crippen molar-refractivity contribution in [3.05, 3.63) is 59.3 Å². The van der Waals surface area contributed by atoms with Gasteiger partial charge >= 0.3 is 0 Å². The molecule has 0 bridgehead atoms. The maximum absolute atomic E-state index is 3.91. The van der Waals surface area contributed by atoms with Crippen LogP contribution in [0.1, 0.15) is 27.7 Å². The molecule has 0 saturated carbocycles. The van der Waals surface area contributed by atoms with Crippen LogP contribution in [0, 0.1) is 0 Å². The van der Waals surface area contributed by atoms with Crippen molar-refractivity contribution in [2.24, 2.45) is 4.99 Å². The van der Waals surface area contributed by atoms with Gasteiger partial charge in [-0.2, -0.15) is 0 Å². The Bertz CT molecular complexity index is 384. The Balaban J connectivity index is 4.37. The number of allylic oxidation sites excluding steroid dienone is 10. The minimum Gasteiger partial charge on any atom is -0.297 e. The van der Waals surface area contributed by atoms with E-state index in [0.29, 0.717) is 0 Å². The molecule has 0 heterocycles. The first-order valence-electron chi connectivity index (χ1n) is 5.82. The Morgan fingerprint density at radius 3 is 1.82 bits per heavy atom. The molecule has 0 aromatic carbocycles. The van der Waals surface area contributed by atoms with Crippen LogP contribution in [0.15, 0.2) is 64.2 Å². The summed E-state index contributed by atoms with van der Waals surface area (Å²) in [5.74, 6) is 0. The van der Waals surface area contributed by atoms with E-state index in [9.17, 15) is 0 Å². The highest BCUT2D eigenvalue weighted by atomic mass is 14.6. The van der Waals surface area contributed by atoms with Crippen molar-refractivity contribution >= 4 is 6.21 Å². The zero-order valence-electron chi connectivity index (χ0n) is 11.6. The predicted octanol–water partition coefficient (Wildman–Crippen LogP) is 4.66. The van der Waals surface area contributed by atoms with E-state index in [4.69, 9.17) is 0 Å². The van der Waals surface area contributed by atoms with Crippen molar-refractivity contribution in [1.29, 1.82) is 0 Å². The first-order chi connectivity index (χ1) is 8.06. The topological polar surface area (TPSA) is 12.4 Å². The maximum atomic E-state index is 3.91. The summed E-state index contributed by atoms with van der Waals surface area (Å²) in [6, 6.07) is 0. The molecule has 0 rings (SSSR count). The minimum atomic E-state index is 1.19. The molecule has 0 aromatic heterocycles. The van der Waals surface area contributed by atoms with Crippen molar-refractivity contribution in [3.8, 4) is 0 Å². The number of nitrogens with zero attached hydrogens (tertiary/aromatic N) is 1. The minimum absolute atomic E-state index is 1.19. The third kappa shape index (κ3) is 10.6.